The highest BCUT2D eigenvalue weighted by Crippen LogP contribution is 2.34. The van der Waals surface area contributed by atoms with Crippen molar-refractivity contribution in [2.45, 2.75) is 44.2 Å². The Hall–Kier alpha value is -1.65. The van der Waals surface area contributed by atoms with Crippen molar-refractivity contribution in [3.05, 3.63) is 12.7 Å². The maximum atomic E-state index is 4.48. The quantitative estimate of drug-likeness (QED) is 0.876. The first-order chi connectivity index (χ1) is 8.42. The SMILES string of the molecule is c1nc(NC2CC2)c2ncn(C3CCC3)c2n1. The predicted molar refractivity (Wildman–Crippen MR) is 64.9 cm³/mol. The zero-order valence-electron chi connectivity index (χ0n) is 9.63. The lowest BCUT2D eigenvalue weighted by atomic mass is 9.93. The van der Waals surface area contributed by atoms with Crippen LogP contribution in [0.5, 0.6) is 0 Å². The number of imidazole rings is 1. The molecule has 2 fully saturated rings. The number of fused-ring (bicyclic) bond motifs is 1. The van der Waals surface area contributed by atoms with Crippen LogP contribution in [0.15, 0.2) is 12.7 Å². The van der Waals surface area contributed by atoms with Gasteiger partial charge in [0.1, 0.15) is 11.8 Å². The van der Waals surface area contributed by atoms with E-state index >= 15 is 0 Å². The molecule has 2 aromatic heterocycles. The van der Waals surface area contributed by atoms with Gasteiger partial charge in [0.05, 0.1) is 6.33 Å². The van der Waals surface area contributed by atoms with E-state index in [2.05, 4.69) is 24.8 Å². The normalized spacial score (nSPS) is 20.5. The molecular formula is C12H15N5. The van der Waals surface area contributed by atoms with Gasteiger partial charge in [-0.05, 0) is 32.1 Å². The lowest BCUT2D eigenvalue weighted by molar-refractivity contribution is 0.319. The van der Waals surface area contributed by atoms with Crippen LogP contribution in [-0.4, -0.2) is 25.6 Å². The molecule has 0 spiro atoms. The maximum absolute atomic E-state index is 4.48. The Morgan fingerprint density at radius 2 is 2.00 bits per heavy atom. The topological polar surface area (TPSA) is 55.6 Å². The fourth-order valence-corrected chi connectivity index (χ4v) is 2.31. The molecule has 0 atom stereocenters. The summed E-state index contributed by atoms with van der Waals surface area (Å²) in [5.74, 6) is 0.899. The highest BCUT2D eigenvalue weighted by Gasteiger charge is 2.25. The van der Waals surface area contributed by atoms with E-state index in [1.165, 1.54) is 32.1 Å². The third-order valence-corrected chi connectivity index (χ3v) is 3.75. The second kappa shape index (κ2) is 3.42. The minimum Gasteiger partial charge on any atom is -0.365 e. The van der Waals surface area contributed by atoms with E-state index in [9.17, 15) is 0 Å². The van der Waals surface area contributed by atoms with Gasteiger partial charge in [-0.1, -0.05) is 0 Å². The Labute approximate surface area is 99.3 Å². The van der Waals surface area contributed by atoms with Crippen molar-refractivity contribution in [2.75, 3.05) is 5.32 Å². The average molecular weight is 229 g/mol. The van der Waals surface area contributed by atoms with Crippen LogP contribution in [0.3, 0.4) is 0 Å². The van der Waals surface area contributed by atoms with Gasteiger partial charge in [0.2, 0.25) is 0 Å². The van der Waals surface area contributed by atoms with Gasteiger partial charge in [0.15, 0.2) is 11.5 Å². The lowest BCUT2D eigenvalue weighted by Crippen LogP contribution is -2.16. The summed E-state index contributed by atoms with van der Waals surface area (Å²) in [4.78, 5) is 13.2. The molecule has 2 heterocycles. The number of nitrogens with zero attached hydrogens (tertiary/aromatic N) is 4. The van der Waals surface area contributed by atoms with Crippen molar-refractivity contribution < 1.29 is 0 Å². The molecule has 0 aromatic carbocycles. The standard InChI is InChI=1S/C12H15N5/c1-2-9(3-1)17-7-15-10-11(16-8-4-5-8)13-6-14-12(10)17/h6-9H,1-5H2,(H,13,14,16). The van der Waals surface area contributed by atoms with Crippen molar-refractivity contribution in [1.82, 2.24) is 19.5 Å². The predicted octanol–water partition coefficient (Wildman–Crippen LogP) is 2.13. The molecule has 0 saturated heterocycles. The zero-order chi connectivity index (χ0) is 11.2. The molecule has 2 aliphatic rings. The first-order valence-corrected chi connectivity index (χ1v) is 6.36. The molecule has 2 saturated carbocycles. The summed E-state index contributed by atoms with van der Waals surface area (Å²) in [6.45, 7) is 0. The number of hydrogen-bond donors (Lipinski definition) is 1. The van der Waals surface area contributed by atoms with Gasteiger partial charge >= 0.3 is 0 Å². The lowest BCUT2D eigenvalue weighted by Gasteiger charge is -2.26. The monoisotopic (exact) mass is 229 g/mol. The molecule has 2 aliphatic carbocycles. The molecule has 4 rings (SSSR count). The van der Waals surface area contributed by atoms with Crippen LogP contribution in [0.1, 0.15) is 38.1 Å². The summed E-state index contributed by atoms with van der Waals surface area (Å²) >= 11 is 0. The first-order valence-electron chi connectivity index (χ1n) is 6.36. The maximum Gasteiger partial charge on any atom is 0.165 e. The van der Waals surface area contributed by atoms with Gasteiger partial charge in [-0.15, -0.1) is 0 Å². The largest absolute Gasteiger partial charge is 0.365 e. The summed E-state index contributed by atoms with van der Waals surface area (Å²) < 4.78 is 2.21. The van der Waals surface area contributed by atoms with Crippen LogP contribution in [0.25, 0.3) is 11.2 Å². The van der Waals surface area contributed by atoms with Gasteiger partial charge in [-0.25, -0.2) is 15.0 Å². The van der Waals surface area contributed by atoms with Crippen molar-refractivity contribution in [2.24, 2.45) is 0 Å². The number of nitrogens with one attached hydrogen (secondary N) is 1. The van der Waals surface area contributed by atoms with Crippen LogP contribution >= 0.6 is 0 Å². The van der Waals surface area contributed by atoms with Gasteiger partial charge in [-0.2, -0.15) is 0 Å². The van der Waals surface area contributed by atoms with Gasteiger partial charge in [-0.3, -0.25) is 0 Å². The fourth-order valence-electron chi connectivity index (χ4n) is 2.31. The van der Waals surface area contributed by atoms with Crippen LogP contribution < -0.4 is 5.32 Å². The molecule has 0 aliphatic heterocycles. The van der Waals surface area contributed by atoms with E-state index in [4.69, 9.17) is 0 Å². The third-order valence-electron chi connectivity index (χ3n) is 3.75. The molecule has 88 valence electrons. The van der Waals surface area contributed by atoms with Crippen molar-refractivity contribution in [1.29, 1.82) is 0 Å². The summed E-state index contributed by atoms with van der Waals surface area (Å²) in [5, 5.41) is 3.42. The minimum atomic E-state index is 0.599. The molecule has 0 unspecified atom stereocenters. The fraction of sp³-hybridized carbons (Fsp3) is 0.583. The first kappa shape index (κ1) is 9.39. The molecule has 5 nitrogen and oxygen atoms in total. The summed E-state index contributed by atoms with van der Waals surface area (Å²) in [6, 6.07) is 1.20. The van der Waals surface area contributed by atoms with Crippen molar-refractivity contribution >= 4 is 17.0 Å². The highest BCUT2D eigenvalue weighted by molar-refractivity contribution is 5.83. The van der Waals surface area contributed by atoms with E-state index in [0.29, 0.717) is 12.1 Å². The molecule has 2 aromatic rings. The van der Waals surface area contributed by atoms with Gasteiger partial charge in [0, 0.05) is 12.1 Å². The summed E-state index contributed by atoms with van der Waals surface area (Å²) in [6.07, 6.45) is 9.87. The highest BCUT2D eigenvalue weighted by atomic mass is 15.2. The van der Waals surface area contributed by atoms with Crippen LogP contribution in [0.4, 0.5) is 5.82 Å². The molecular weight excluding hydrogens is 214 g/mol. The second-order valence-corrected chi connectivity index (χ2v) is 5.05. The zero-order valence-corrected chi connectivity index (χ0v) is 9.63. The molecule has 17 heavy (non-hydrogen) atoms. The second-order valence-electron chi connectivity index (χ2n) is 5.05. The summed E-state index contributed by atoms with van der Waals surface area (Å²) in [5.41, 5.74) is 1.90. The van der Waals surface area contributed by atoms with Crippen LogP contribution in [-0.2, 0) is 0 Å². The van der Waals surface area contributed by atoms with E-state index < -0.39 is 0 Å². The molecule has 1 N–H and O–H groups in total. The Balaban J connectivity index is 1.78. The minimum absolute atomic E-state index is 0.599. The molecule has 0 amide bonds. The van der Waals surface area contributed by atoms with E-state index in [1.807, 2.05) is 6.33 Å². The number of anilines is 1. The third kappa shape index (κ3) is 1.49. The van der Waals surface area contributed by atoms with Crippen LogP contribution in [0, 0.1) is 0 Å². The van der Waals surface area contributed by atoms with Crippen LogP contribution in [0.2, 0.25) is 0 Å². The number of hydrogen-bond acceptors (Lipinski definition) is 4. The van der Waals surface area contributed by atoms with Gasteiger partial charge < -0.3 is 9.88 Å². The Morgan fingerprint density at radius 1 is 1.12 bits per heavy atom. The van der Waals surface area contributed by atoms with E-state index in [0.717, 1.165) is 17.0 Å². The van der Waals surface area contributed by atoms with Gasteiger partial charge in [0.25, 0.3) is 0 Å². The smallest absolute Gasteiger partial charge is 0.165 e. The molecule has 5 heteroatoms. The van der Waals surface area contributed by atoms with E-state index in [-0.39, 0.29) is 0 Å². The Bertz CT molecular complexity index is 553. The van der Waals surface area contributed by atoms with E-state index in [1.54, 1.807) is 6.33 Å². The number of aromatic nitrogens is 4. The average Bonchev–Trinajstić information content (AvgIpc) is 2.98. The van der Waals surface area contributed by atoms with Crippen molar-refractivity contribution in [3.8, 4) is 0 Å². The van der Waals surface area contributed by atoms with Crippen molar-refractivity contribution in [3.63, 3.8) is 0 Å². The molecule has 0 bridgehead atoms. The Kier molecular flexibility index (Phi) is 1.89. The Morgan fingerprint density at radius 3 is 2.71 bits per heavy atom. The molecule has 0 radical (unpaired) electrons. The number of rotatable bonds is 3. The summed E-state index contributed by atoms with van der Waals surface area (Å²) in [7, 11) is 0.